The fraction of sp³-hybridized carbons (Fsp3) is 0. The van der Waals surface area contributed by atoms with E-state index in [2.05, 4.69) is 0 Å². The molecule has 0 aliphatic rings. The van der Waals surface area contributed by atoms with Gasteiger partial charge < -0.3 is 0 Å². The fourth-order valence-electron chi connectivity index (χ4n) is 4.10. The summed E-state index contributed by atoms with van der Waals surface area (Å²) in [5, 5.41) is -9.71. The summed E-state index contributed by atoms with van der Waals surface area (Å²) in [7, 11) is 0. The molecule has 0 unspecified atom stereocenters. The summed E-state index contributed by atoms with van der Waals surface area (Å²) < 4.78 is 173. The topological polar surface area (TPSA) is 0 Å². The quantitative estimate of drug-likeness (QED) is 0.126. The highest BCUT2D eigenvalue weighted by molar-refractivity contribution is 6.26. The lowest BCUT2D eigenvalue weighted by Crippen LogP contribution is -2.08. The van der Waals surface area contributed by atoms with Gasteiger partial charge in [-0.1, -0.05) is 0 Å². The first-order valence-corrected chi connectivity index (χ1v) is 8.93. The third-order valence-corrected chi connectivity index (χ3v) is 5.52. The molecule has 0 N–H and O–H groups in total. The maximum absolute atomic E-state index is 15.1. The number of halogens is 12. The van der Waals surface area contributed by atoms with E-state index >= 15 is 4.39 Å². The van der Waals surface area contributed by atoms with Crippen molar-refractivity contribution < 1.29 is 52.7 Å². The fourth-order valence-corrected chi connectivity index (χ4v) is 4.10. The summed E-state index contributed by atoms with van der Waals surface area (Å²) in [5.41, 5.74) is -3.02. The van der Waals surface area contributed by atoms with Crippen molar-refractivity contribution in [2.45, 2.75) is 0 Å². The molecule has 5 aromatic carbocycles. The van der Waals surface area contributed by atoms with Crippen LogP contribution in [0.3, 0.4) is 0 Å². The van der Waals surface area contributed by atoms with Crippen molar-refractivity contribution in [3.63, 3.8) is 0 Å². The summed E-state index contributed by atoms with van der Waals surface area (Å²) in [6.07, 6.45) is 0. The minimum atomic E-state index is -2.53. The smallest absolute Gasteiger partial charge is 0.195 e. The molecular weight excluding hydrogens is 492 g/mol. The average Bonchev–Trinajstić information content (AvgIpc) is 2.80. The maximum Gasteiger partial charge on any atom is 0.195 e. The van der Waals surface area contributed by atoms with Crippen molar-refractivity contribution in [2.24, 2.45) is 0 Å². The van der Waals surface area contributed by atoms with Crippen molar-refractivity contribution >= 4 is 32.3 Å². The van der Waals surface area contributed by atoms with Gasteiger partial charge in [0.1, 0.15) is 0 Å². The van der Waals surface area contributed by atoms with Gasteiger partial charge in [-0.25, -0.2) is 52.7 Å². The lowest BCUT2D eigenvalue weighted by atomic mass is 9.87. The molecule has 12 heteroatoms. The van der Waals surface area contributed by atoms with Crippen LogP contribution >= 0.6 is 0 Å². The van der Waals surface area contributed by atoms with E-state index in [-0.39, 0.29) is 6.07 Å². The Morgan fingerprint density at radius 1 is 0.294 bits per heavy atom. The third-order valence-electron chi connectivity index (χ3n) is 5.52. The zero-order chi connectivity index (χ0) is 25.0. The second kappa shape index (κ2) is 6.90. The molecule has 0 spiro atoms. The van der Waals surface area contributed by atoms with E-state index in [1.54, 1.807) is 0 Å². The molecule has 0 amide bonds. The van der Waals surface area contributed by atoms with Crippen molar-refractivity contribution in [1.82, 2.24) is 0 Å². The first-order chi connectivity index (χ1) is 15.9. The molecule has 0 atom stereocenters. The Balaban J connectivity index is 2.23. The Morgan fingerprint density at radius 2 is 0.676 bits per heavy atom. The highest BCUT2D eigenvalue weighted by atomic mass is 19.2. The highest BCUT2D eigenvalue weighted by Gasteiger charge is 2.36. The molecule has 0 saturated heterocycles. The Hall–Kier alpha value is -3.70. The van der Waals surface area contributed by atoms with Crippen LogP contribution in [0.2, 0.25) is 0 Å². The van der Waals surface area contributed by atoms with Crippen LogP contribution in [0, 0.1) is 69.8 Å². The maximum atomic E-state index is 15.1. The molecule has 0 aliphatic carbocycles. The molecule has 5 aromatic rings. The van der Waals surface area contributed by atoms with Gasteiger partial charge in [0, 0.05) is 27.3 Å². The van der Waals surface area contributed by atoms with Gasteiger partial charge in [0.05, 0.1) is 16.2 Å². The summed E-state index contributed by atoms with van der Waals surface area (Å²) in [4.78, 5) is 0. The number of rotatable bonds is 1. The SMILES string of the molecule is Fc1ccc(-c2c(F)c(F)c3c(F)c(F)c4c(F)c(F)c(F)c5c(F)c(F)c2c3c45)c(F)c1F. The molecule has 0 fully saturated rings. The van der Waals surface area contributed by atoms with Crippen LogP contribution < -0.4 is 0 Å². The summed E-state index contributed by atoms with van der Waals surface area (Å²) in [5.74, 6) is -27.8. The zero-order valence-corrected chi connectivity index (χ0v) is 15.7. The van der Waals surface area contributed by atoms with Gasteiger partial charge in [-0.05, 0) is 12.1 Å². The van der Waals surface area contributed by atoms with Gasteiger partial charge >= 0.3 is 0 Å². The highest BCUT2D eigenvalue weighted by Crippen LogP contribution is 2.48. The normalized spacial score (nSPS) is 12.1. The first-order valence-electron chi connectivity index (χ1n) is 8.93. The van der Waals surface area contributed by atoms with E-state index in [1.807, 2.05) is 0 Å². The minimum absolute atomic E-state index is 0.215. The zero-order valence-electron chi connectivity index (χ0n) is 15.7. The third kappa shape index (κ3) is 2.42. The lowest BCUT2D eigenvalue weighted by molar-refractivity contribution is 0.446. The van der Waals surface area contributed by atoms with Gasteiger partial charge in [-0.15, -0.1) is 0 Å². The van der Waals surface area contributed by atoms with Gasteiger partial charge in [-0.3, -0.25) is 0 Å². The van der Waals surface area contributed by atoms with E-state index in [0.717, 1.165) is 0 Å². The summed E-state index contributed by atoms with van der Waals surface area (Å²) >= 11 is 0. The van der Waals surface area contributed by atoms with Crippen LogP contribution in [0.25, 0.3) is 43.4 Å². The molecule has 0 radical (unpaired) electrons. The number of hydrogen-bond donors (Lipinski definition) is 0. The van der Waals surface area contributed by atoms with Crippen LogP contribution in [0.1, 0.15) is 0 Å². The van der Waals surface area contributed by atoms with Crippen molar-refractivity contribution in [3.05, 3.63) is 81.9 Å². The van der Waals surface area contributed by atoms with Crippen molar-refractivity contribution in [3.8, 4) is 11.1 Å². The molecular formula is C22H2F12. The number of benzene rings is 5. The van der Waals surface area contributed by atoms with Crippen LogP contribution in [-0.4, -0.2) is 0 Å². The molecule has 0 saturated carbocycles. The van der Waals surface area contributed by atoms with Crippen LogP contribution in [0.5, 0.6) is 0 Å². The molecule has 174 valence electrons. The Bertz CT molecular complexity index is 1700. The Morgan fingerprint density at radius 3 is 1.18 bits per heavy atom. The van der Waals surface area contributed by atoms with E-state index in [1.165, 1.54) is 0 Å². The Labute approximate surface area is 178 Å². The Kier molecular flexibility index (Phi) is 4.49. The van der Waals surface area contributed by atoms with E-state index in [4.69, 9.17) is 0 Å². The minimum Gasteiger partial charge on any atom is -0.204 e. The monoisotopic (exact) mass is 494 g/mol. The second-order valence-corrected chi connectivity index (χ2v) is 7.17. The van der Waals surface area contributed by atoms with Gasteiger partial charge in [0.2, 0.25) is 0 Å². The second-order valence-electron chi connectivity index (χ2n) is 7.17. The molecule has 0 nitrogen and oxygen atoms in total. The number of hydrogen-bond acceptors (Lipinski definition) is 0. The molecule has 0 heterocycles. The lowest BCUT2D eigenvalue weighted by Gasteiger charge is -2.20. The van der Waals surface area contributed by atoms with Gasteiger partial charge in [0.15, 0.2) is 69.8 Å². The van der Waals surface area contributed by atoms with E-state index < -0.39 is 113 Å². The molecule has 0 bridgehead atoms. The standard InChI is InChI=1S/C22H2F12/c23-4-2-1-3(12(24)13(4)25)5-8-6-7-10(17(29)15(8)27)20(32)22(34)21(33)11(7)19(31)18(30)9(6)16(28)14(5)26/h1-2H. The van der Waals surface area contributed by atoms with Gasteiger partial charge in [0.25, 0.3) is 0 Å². The molecule has 0 aromatic heterocycles. The van der Waals surface area contributed by atoms with Gasteiger partial charge in [-0.2, -0.15) is 0 Å². The van der Waals surface area contributed by atoms with Crippen LogP contribution in [0.15, 0.2) is 12.1 Å². The van der Waals surface area contributed by atoms with Crippen LogP contribution in [-0.2, 0) is 0 Å². The van der Waals surface area contributed by atoms with E-state index in [0.29, 0.717) is 6.07 Å². The predicted octanol–water partition coefficient (Wildman–Crippen LogP) is 7.92. The summed E-state index contributed by atoms with van der Waals surface area (Å²) in [6, 6.07) is 0.518. The largest absolute Gasteiger partial charge is 0.204 e. The van der Waals surface area contributed by atoms with E-state index in [9.17, 15) is 48.3 Å². The molecule has 0 aliphatic heterocycles. The van der Waals surface area contributed by atoms with Crippen molar-refractivity contribution in [1.29, 1.82) is 0 Å². The van der Waals surface area contributed by atoms with Crippen molar-refractivity contribution in [2.75, 3.05) is 0 Å². The average molecular weight is 494 g/mol. The van der Waals surface area contributed by atoms with Crippen LogP contribution in [0.4, 0.5) is 52.7 Å². The summed E-state index contributed by atoms with van der Waals surface area (Å²) in [6.45, 7) is 0. The molecule has 5 rings (SSSR count). The predicted molar refractivity (Wildman–Crippen MR) is 95.1 cm³/mol. The first kappa shape index (κ1) is 22.1. The molecule has 34 heavy (non-hydrogen) atoms.